The first-order valence-corrected chi connectivity index (χ1v) is 5.04. The van der Waals surface area contributed by atoms with Gasteiger partial charge in [0.1, 0.15) is 0 Å². The molecule has 0 aromatic rings. The van der Waals surface area contributed by atoms with Crippen molar-refractivity contribution in [2.45, 2.75) is 13.0 Å². The van der Waals surface area contributed by atoms with Crippen LogP contribution in [-0.4, -0.2) is 31.1 Å². The Morgan fingerprint density at radius 2 is 2.22 bits per heavy atom. The molecule has 0 amide bonds. The highest BCUT2D eigenvalue weighted by Crippen LogP contribution is 2.41. The van der Waals surface area contributed by atoms with E-state index in [4.69, 9.17) is 5.11 Å². The van der Waals surface area contributed by atoms with Crippen LogP contribution in [0.1, 0.15) is 6.92 Å². The minimum atomic E-state index is -2.48. The lowest BCUT2D eigenvalue weighted by Gasteiger charge is -2.11. The zero-order valence-corrected chi connectivity index (χ0v) is 6.89. The van der Waals surface area contributed by atoms with Crippen molar-refractivity contribution in [3.63, 3.8) is 0 Å². The molecule has 0 aromatic heterocycles. The Kier molecular flexibility index (Phi) is 3.41. The standard InChI is InChI=1S/C5H13O3P/c1-5(6)4-9(3,7)8-2/h5-6H,4H2,1-3H3. The lowest BCUT2D eigenvalue weighted by atomic mass is 10.5. The molecular weight excluding hydrogens is 139 g/mol. The number of aliphatic hydroxyl groups is 1. The van der Waals surface area contributed by atoms with E-state index in [2.05, 4.69) is 4.52 Å². The molecule has 0 heterocycles. The van der Waals surface area contributed by atoms with Crippen molar-refractivity contribution in [3.8, 4) is 0 Å². The Morgan fingerprint density at radius 1 is 1.78 bits per heavy atom. The summed E-state index contributed by atoms with van der Waals surface area (Å²) in [5.74, 6) is 0. The van der Waals surface area contributed by atoms with E-state index >= 15 is 0 Å². The molecule has 2 unspecified atom stereocenters. The molecule has 1 N–H and O–H groups in total. The molecule has 0 saturated heterocycles. The molecule has 0 spiro atoms. The molecule has 56 valence electrons. The summed E-state index contributed by atoms with van der Waals surface area (Å²) in [5, 5.41) is 8.77. The van der Waals surface area contributed by atoms with Crippen molar-refractivity contribution >= 4 is 7.37 Å². The number of hydrogen-bond acceptors (Lipinski definition) is 3. The van der Waals surface area contributed by atoms with Gasteiger partial charge in [-0.25, -0.2) is 0 Å². The second-order valence-corrected chi connectivity index (χ2v) is 4.99. The van der Waals surface area contributed by atoms with Gasteiger partial charge in [-0.1, -0.05) is 0 Å². The molecular formula is C5H13O3P. The van der Waals surface area contributed by atoms with E-state index in [9.17, 15) is 4.57 Å². The number of hydrogen-bond donors (Lipinski definition) is 1. The van der Waals surface area contributed by atoms with E-state index in [0.717, 1.165) is 0 Å². The summed E-state index contributed by atoms with van der Waals surface area (Å²) in [6, 6.07) is 0. The minimum Gasteiger partial charge on any atom is -0.393 e. The lowest BCUT2D eigenvalue weighted by Crippen LogP contribution is -2.07. The smallest absolute Gasteiger partial charge is 0.202 e. The third-order valence-electron chi connectivity index (χ3n) is 0.982. The molecule has 0 aromatic carbocycles. The van der Waals surface area contributed by atoms with Gasteiger partial charge in [-0.15, -0.1) is 0 Å². The average Bonchev–Trinajstić information content (AvgIpc) is 1.63. The van der Waals surface area contributed by atoms with Gasteiger partial charge in [0.25, 0.3) is 0 Å². The van der Waals surface area contributed by atoms with E-state index in [0.29, 0.717) is 0 Å². The maximum Gasteiger partial charge on any atom is 0.202 e. The molecule has 0 fully saturated rings. The molecule has 9 heavy (non-hydrogen) atoms. The van der Waals surface area contributed by atoms with Crippen LogP contribution in [0.2, 0.25) is 0 Å². The summed E-state index contributed by atoms with van der Waals surface area (Å²) in [6.45, 7) is 3.11. The van der Waals surface area contributed by atoms with Gasteiger partial charge in [-0.3, -0.25) is 4.57 Å². The van der Waals surface area contributed by atoms with Gasteiger partial charge in [0, 0.05) is 13.8 Å². The van der Waals surface area contributed by atoms with Crippen LogP contribution in [0.15, 0.2) is 0 Å². The van der Waals surface area contributed by atoms with E-state index in [-0.39, 0.29) is 6.16 Å². The van der Waals surface area contributed by atoms with Crippen LogP contribution in [0.3, 0.4) is 0 Å². The predicted molar refractivity (Wildman–Crippen MR) is 37.1 cm³/mol. The van der Waals surface area contributed by atoms with E-state index in [1.807, 2.05) is 0 Å². The Hall–Kier alpha value is 0.150. The predicted octanol–water partition coefficient (Wildman–Crippen LogP) is 0.921. The van der Waals surface area contributed by atoms with E-state index < -0.39 is 13.5 Å². The van der Waals surface area contributed by atoms with E-state index in [1.54, 1.807) is 6.92 Å². The molecule has 0 saturated carbocycles. The highest BCUT2D eigenvalue weighted by atomic mass is 31.2. The molecule has 0 aliphatic heterocycles. The summed E-state index contributed by atoms with van der Waals surface area (Å²) in [6.07, 6.45) is -0.301. The summed E-state index contributed by atoms with van der Waals surface area (Å²) in [7, 11) is -1.09. The maximum atomic E-state index is 11.0. The van der Waals surface area contributed by atoms with Crippen LogP contribution in [0, 0.1) is 0 Å². The highest BCUT2D eigenvalue weighted by molar-refractivity contribution is 7.58. The van der Waals surface area contributed by atoms with Crippen molar-refractivity contribution in [1.29, 1.82) is 0 Å². The van der Waals surface area contributed by atoms with Gasteiger partial charge >= 0.3 is 0 Å². The number of rotatable bonds is 3. The SMILES string of the molecule is COP(C)(=O)CC(C)O. The summed E-state index contributed by atoms with van der Waals surface area (Å²) >= 11 is 0. The van der Waals surface area contributed by atoms with Crippen LogP contribution in [-0.2, 0) is 9.09 Å². The van der Waals surface area contributed by atoms with Crippen molar-refractivity contribution in [1.82, 2.24) is 0 Å². The molecule has 0 aliphatic rings. The van der Waals surface area contributed by atoms with Crippen LogP contribution in [0.4, 0.5) is 0 Å². The van der Waals surface area contributed by atoms with Gasteiger partial charge in [-0.2, -0.15) is 0 Å². The van der Waals surface area contributed by atoms with Gasteiger partial charge < -0.3 is 9.63 Å². The van der Waals surface area contributed by atoms with Crippen LogP contribution in [0.5, 0.6) is 0 Å². The fraction of sp³-hybridized carbons (Fsp3) is 1.00. The van der Waals surface area contributed by atoms with Crippen molar-refractivity contribution in [2.75, 3.05) is 19.9 Å². The first-order valence-electron chi connectivity index (χ1n) is 2.78. The normalized spacial score (nSPS) is 20.9. The van der Waals surface area contributed by atoms with Crippen LogP contribution < -0.4 is 0 Å². The first kappa shape index (κ1) is 9.15. The summed E-state index contributed by atoms with van der Waals surface area (Å²) < 4.78 is 15.7. The van der Waals surface area contributed by atoms with Gasteiger partial charge in [0.05, 0.1) is 12.3 Å². The molecule has 0 rings (SSSR count). The fourth-order valence-corrected chi connectivity index (χ4v) is 1.66. The summed E-state index contributed by atoms with van der Waals surface area (Å²) in [5.41, 5.74) is 0. The molecule has 0 radical (unpaired) electrons. The third kappa shape index (κ3) is 4.64. The summed E-state index contributed by atoms with van der Waals surface area (Å²) in [4.78, 5) is 0. The third-order valence-corrected chi connectivity index (χ3v) is 2.95. The van der Waals surface area contributed by atoms with Crippen LogP contribution >= 0.6 is 7.37 Å². The van der Waals surface area contributed by atoms with Gasteiger partial charge in [-0.05, 0) is 6.92 Å². The van der Waals surface area contributed by atoms with Gasteiger partial charge in [0.15, 0.2) is 0 Å². The monoisotopic (exact) mass is 152 g/mol. The Bertz CT molecular complexity index is 121. The quantitative estimate of drug-likeness (QED) is 0.611. The Labute approximate surface area is 55.5 Å². The molecule has 2 atom stereocenters. The van der Waals surface area contributed by atoms with Crippen LogP contribution in [0.25, 0.3) is 0 Å². The minimum absolute atomic E-state index is 0.240. The Morgan fingerprint density at radius 3 is 2.33 bits per heavy atom. The number of aliphatic hydroxyl groups excluding tert-OH is 1. The Balaban J connectivity index is 3.73. The zero-order chi connectivity index (χ0) is 7.49. The topological polar surface area (TPSA) is 46.5 Å². The molecule has 4 heteroatoms. The fourth-order valence-electron chi connectivity index (χ4n) is 0.554. The van der Waals surface area contributed by atoms with Crippen molar-refractivity contribution in [3.05, 3.63) is 0 Å². The molecule has 0 aliphatic carbocycles. The van der Waals surface area contributed by atoms with E-state index in [1.165, 1.54) is 13.8 Å². The van der Waals surface area contributed by atoms with Crippen molar-refractivity contribution in [2.24, 2.45) is 0 Å². The molecule has 0 bridgehead atoms. The first-order chi connectivity index (χ1) is 3.98. The maximum absolute atomic E-state index is 11.0. The van der Waals surface area contributed by atoms with Gasteiger partial charge in [0.2, 0.25) is 7.37 Å². The highest BCUT2D eigenvalue weighted by Gasteiger charge is 2.15. The second kappa shape index (κ2) is 3.35. The second-order valence-electron chi connectivity index (χ2n) is 2.23. The van der Waals surface area contributed by atoms with Crippen molar-refractivity contribution < 1.29 is 14.2 Å². The lowest BCUT2D eigenvalue weighted by molar-refractivity contribution is 0.213. The molecule has 3 nitrogen and oxygen atoms in total. The largest absolute Gasteiger partial charge is 0.393 e. The zero-order valence-electron chi connectivity index (χ0n) is 6.00. The average molecular weight is 152 g/mol.